The number of fused-ring (bicyclic) bond motifs is 1. The first-order chi connectivity index (χ1) is 10.5. The number of hydrogen-bond acceptors (Lipinski definition) is 5. The normalized spacial score (nSPS) is 10.8. The minimum atomic E-state index is -0.699. The van der Waals surface area contributed by atoms with E-state index in [-0.39, 0.29) is 11.3 Å². The average molecular weight is 380 g/mol. The Morgan fingerprint density at radius 1 is 1.45 bits per heavy atom. The lowest BCUT2D eigenvalue weighted by Crippen LogP contribution is -2.23. The van der Waals surface area contributed by atoms with Gasteiger partial charge in [0.1, 0.15) is 11.3 Å². The summed E-state index contributed by atoms with van der Waals surface area (Å²) in [5, 5.41) is 15.3. The molecule has 3 rings (SSSR count). The van der Waals surface area contributed by atoms with Crippen LogP contribution in [0.4, 0.5) is 5.13 Å². The number of carbonyl (C=O) groups excluding carboxylic acids is 1. The molecular weight excluding hydrogens is 370 g/mol. The molecule has 8 heteroatoms. The molecule has 2 aromatic heterocycles. The number of hydrogen-bond donors (Lipinski definition) is 3. The number of aromatic hydroxyl groups is 1. The number of carbonyl (C=O) groups is 1. The second kappa shape index (κ2) is 5.54. The zero-order valence-electron chi connectivity index (χ0n) is 11.3. The van der Waals surface area contributed by atoms with Crippen LogP contribution in [0.5, 0.6) is 5.75 Å². The molecule has 0 unspecified atom stereocenters. The molecule has 0 fully saturated rings. The third-order valence-corrected chi connectivity index (χ3v) is 4.38. The predicted octanol–water partition coefficient (Wildman–Crippen LogP) is 3.01. The number of nitrogens with one attached hydrogen (secondary N) is 2. The quantitative estimate of drug-likeness (QED) is 0.637. The van der Waals surface area contributed by atoms with Crippen LogP contribution < -0.4 is 10.9 Å². The molecule has 1 amide bonds. The highest BCUT2D eigenvalue weighted by atomic mass is 79.9. The Hall–Kier alpha value is -2.19. The molecule has 0 aliphatic heterocycles. The maximum atomic E-state index is 12.3. The SMILES string of the molecule is Cc1csc(NC(=O)c2c(O)c3cc(Br)ccc3[nH]c2=O)n1. The Morgan fingerprint density at radius 3 is 2.91 bits per heavy atom. The van der Waals surface area contributed by atoms with E-state index in [2.05, 4.69) is 31.2 Å². The van der Waals surface area contributed by atoms with Gasteiger partial charge in [-0.15, -0.1) is 11.3 Å². The summed E-state index contributed by atoms with van der Waals surface area (Å²) in [6, 6.07) is 5.01. The van der Waals surface area contributed by atoms with E-state index in [1.807, 2.05) is 0 Å². The van der Waals surface area contributed by atoms with Gasteiger partial charge in [0.2, 0.25) is 0 Å². The van der Waals surface area contributed by atoms with Crippen molar-refractivity contribution in [2.24, 2.45) is 0 Å². The lowest BCUT2D eigenvalue weighted by molar-refractivity contribution is 0.102. The Balaban J connectivity index is 2.09. The van der Waals surface area contributed by atoms with Crippen molar-refractivity contribution in [1.82, 2.24) is 9.97 Å². The fraction of sp³-hybridized carbons (Fsp3) is 0.0714. The number of amides is 1. The van der Waals surface area contributed by atoms with Crippen molar-refractivity contribution in [2.75, 3.05) is 5.32 Å². The number of benzene rings is 1. The molecule has 112 valence electrons. The lowest BCUT2D eigenvalue weighted by atomic mass is 10.1. The molecule has 0 aliphatic rings. The first-order valence-corrected chi connectivity index (χ1v) is 7.91. The van der Waals surface area contributed by atoms with Crippen LogP contribution in [0.3, 0.4) is 0 Å². The van der Waals surface area contributed by atoms with Gasteiger partial charge >= 0.3 is 0 Å². The number of nitrogens with zero attached hydrogens (tertiary/aromatic N) is 1. The van der Waals surface area contributed by atoms with E-state index >= 15 is 0 Å². The van der Waals surface area contributed by atoms with Gasteiger partial charge in [0.05, 0.1) is 11.2 Å². The van der Waals surface area contributed by atoms with Crippen LogP contribution in [0.2, 0.25) is 0 Å². The Labute approximate surface area is 137 Å². The molecule has 0 radical (unpaired) electrons. The molecule has 3 N–H and O–H groups in total. The van der Waals surface area contributed by atoms with Gasteiger partial charge in [-0.3, -0.25) is 14.9 Å². The van der Waals surface area contributed by atoms with Gasteiger partial charge in [0.25, 0.3) is 11.5 Å². The maximum Gasteiger partial charge on any atom is 0.266 e. The average Bonchev–Trinajstić information content (AvgIpc) is 2.85. The summed E-state index contributed by atoms with van der Waals surface area (Å²) in [4.78, 5) is 31.0. The van der Waals surface area contributed by atoms with E-state index in [1.165, 1.54) is 11.3 Å². The number of thiazole rings is 1. The highest BCUT2D eigenvalue weighted by Gasteiger charge is 2.20. The van der Waals surface area contributed by atoms with Gasteiger partial charge in [0, 0.05) is 15.2 Å². The number of H-pyrrole nitrogens is 1. The monoisotopic (exact) mass is 379 g/mol. The van der Waals surface area contributed by atoms with E-state index in [0.717, 1.165) is 10.2 Å². The summed E-state index contributed by atoms with van der Waals surface area (Å²) < 4.78 is 0.726. The molecule has 0 atom stereocenters. The Bertz CT molecular complexity index is 948. The number of aromatic nitrogens is 2. The van der Waals surface area contributed by atoms with Crippen LogP contribution in [0.1, 0.15) is 16.1 Å². The number of rotatable bonds is 2. The molecule has 0 aliphatic carbocycles. The number of anilines is 1. The topological polar surface area (TPSA) is 95.1 Å². The van der Waals surface area contributed by atoms with Gasteiger partial charge in [-0.2, -0.15) is 0 Å². The van der Waals surface area contributed by atoms with Crippen molar-refractivity contribution in [3.63, 3.8) is 0 Å². The lowest BCUT2D eigenvalue weighted by Gasteiger charge is -2.07. The first kappa shape index (κ1) is 14.7. The van der Waals surface area contributed by atoms with Gasteiger partial charge in [-0.1, -0.05) is 15.9 Å². The molecule has 0 bridgehead atoms. The third-order valence-electron chi connectivity index (χ3n) is 3.02. The van der Waals surface area contributed by atoms with Crippen molar-refractivity contribution < 1.29 is 9.90 Å². The molecule has 22 heavy (non-hydrogen) atoms. The minimum Gasteiger partial charge on any atom is -0.506 e. The van der Waals surface area contributed by atoms with Gasteiger partial charge in [-0.05, 0) is 25.1 Å². The van der Waals surface area contributed by atoms with Crippen LogP contribution in [-0.4, -0.2) is 21.0 Å². The molecule has 1 aromatic carbocycles. The van der Waals surface area contributed by atoms with Gasteiger partial charge in [-0.25, -0.2) is 4.98 Å². The van der Waals surface area contributed by atoms with Gasteiger partial charge < -0.3 is 10.1 Å². The minimum absolute atomic E-state index is 0.335. The molecule has 0 spiro atoms. The Morgan fingerprint density at radius 2 is 2.23 bits per heavy atom. The standard InChI is InChI=1S/C14H10BrN3O3S/c1-6-5-22-14(16-6)18-13(21)10-11(19)8-4-7(15)2-3-9(8)17-12(10)20/h2-5H,1H3,(H,16,18,21)(H2,17,19,20). The van der Waals surface area contributed by atoms with Crippen molar-refractivity contribution in [2.45, 2.75) is 6.92 Å². The summed E-state index contributed by atoms with van der Waals surface area (Å²) >= 11 is 4.54. The molecule has 2 heterocycles. The number of halogens is 1. The zero-order chi connectivity index (χ0) is 15.9. The molecule has 0 saturated heterocycles. The fourth-order valence-electron chi connectivity index (χ4n) is 2.03. The van der Waals surface area contributed by atoms with E-state index in [4.69, 9.17) is 0 Å². The number of aromatic amines is 1. The molecular formula is C14H10BrN3O3S. The van der Waals surface area contributed by atoms with E-state index in [9.17, 15) is 14.7 Å². The maximum absolute atomic E-state index is 12.3. The molecule has 6 nitrogen and oxygen atoms in total. The van der Waals surface area contributed by atoms with Crippen molar-refractivity contribution in [3.05, 3.63) is 49.7 Å². The van der Waals surface area contributed by atoms with Crippen molar-refractivity contribution >= 4 is 49.2 Å². The number of aryl methyl sites for hydroxylation is 1. The smallest absolute Gasteiger partial charge is 0.266 e. The second-order valence-corrected chi connectivity index (χ2v) is 6.39. The first-order valence-electron chi connectivity index (χ1n) is 6.23. The summed E-state index contributed by atoms with van der Waals surface area (Å²) in [7, 11) is 0. The third kappa shape index (κ3) is 2.62. The highest BCUT2D eigenvalue weighted by molar-refractivity contribution is 9.10. The fourth-order valence-corrected chi connectivity index (χ4v) is 3.07. The van der Waals surface area contributed by atoms with Crippen LogP contribution in [-0.2, 0) is 0 Å². The van der Waals surface area contributed by atoms with E-state index < -0.39 is 11.5 Å². The number of pyridine rings is 1. The van der Waals surface area contributed by atoms with Gasteiger partial charge in [0.15, 0.2) is 5.13 Å². The van der Waals surface area contributed by atoms with Crippen LogP contribution in [0, 0.1) is 6.92 Å². The van der Waals surface area contributed by atoms with E-state index in [0.29, 0.717) is 16.0 Å². The summed E-state index contributed by atoms with van der Waals surface area (Å²) in [6.07, 6.45) is 0. The zero-order valence-corrected chi connectivity index (χ0v) is 13.7. The van der Waals surface area contributed by atoms with Crippen LogP contribution in [0.15, 0.2) is 32.8 Å². The Kier molecular flexibility index (Phi) is 3.71. The van der Waals surface area contributed by atoms with E-state index in [1.54, 1.807) is 30.5 Å². The summed E-state index contributed by atoms with van der Waals surface area (Å²) in [6.45, 7) is 1.80. The van der Waals surface area contributed by atoms with Crippen LogP contribution >= 0.6 is 27.3 Å². The molecule has 0 saturated carbocycles. The second-order valence-electron chi connectivity index (χ2n) is 4.62. The van der Waals surface area contributed by atoms with Crippen LogP contribution in [0.25, 0.3) is 10.9 Å². The summed E-state index contributed by atoms with van der Waals surface area (Å²) in [5.74, 6) is -1.05. The summed E-state index contributed by atoms with van der Waals surface area (Å²) in [5.41, 5.74) is 0.227. The predicted molar refractivity (Wildman–Crippen MR) is 88.7 cm³/mol. The van der Waals surface area contributed by atoms with Crippen molar-refractivity contribution in [1.29, 1.82) is 0 Å². The largest absolute Gasteiger partial charge is 0.506 e. The highest BCUT2D eigenvalue weighted by Crippen LogP contribution is 2.28. The molecule has 3 aromatic rings. The van der Waals surface area contributed by atoms with Crippen molar-refractivity contribution in [3.8, 4) is 5.75 Å².